The molecule has 128 valence electrons. The standard InChI is InChI=1S/C16H26N4O2S/c1-4-10-5-6-11-12(7-10)23-16(19-11)20-13(21)8-18-15(22)14(17)9(2)3/h9-10,14H,4-8,17H2,1-3H3,(H,18,22)(H,19,20,21)/t10?,14-/m0/s1. The summed E-state index contributed by atoms with van der Waals surface area (Å²) < 4.78 is 0. The summed E-state index contributed by atoms with van der Waals surface area (Å²) in [4.78, 5) is 29.5. The zero-order valence-corrected chi connectivity index (χ0v) is 14.8. The monoisotopic (exact) mass is 338 g/mol. The third-order valence-corrected chi connectivity index (χ3v) is 5.34. The van der Waals surface area contributed by atoms with E-state index in [1.807, 2.05) is 13.8 Å². The topological polar surface area (TPSA) is 97.1 Å². The predicted molar refractivity (Wildman–Crippen MR) is 92.4 cm³/mol. The summed E-state index contributed by atoms with van der Waals surface area (Å²) in [6, 6.07) is -0.596. The summed E-state index contributed by atoms with van der Waals surface area (Å²) in [5.74, 6) is 0.186. The van der Waals surface area contributed by atoms with Crippen LogP contribution in [0.3, 0.4) is 0 Å². The maximum atomic E-state index is 11.9. The van der Waals surface area contributed by atoms with Gasteiger partial charge in [-0.3, -0.25) is 9.59 Å². The van der Waals surface area contributed by atoms with Crippen LogP contribution in [-0.4, -0.2) is 29.4 Å². The van der Waals surface area contributed by atoms with E-state index in [-0.39, 0.29) is 24.3 Å². The van der Waals surface area contributed by atoms with Gasteiger partial charge in [0.15, 0.2) is 5.13 Å². The molecule has 7 heteroatoms. The smallest absolute Gasteiger partial charge is 0.245 e. The van der Waals surface area contributed by atoms with E-state index < -0.39 is 6.04 Å². The Labute approximate surface area is 141 Å². The van der Waals surface area contributed by atoms with E-state index in [4.69, 9.17) is 5.73 Å². The Morgan fingerprint density at radius 3 is 2.83 bits per heavy atom. The van der Waals surface area contributed by atoms with Crippen LogP contribution in [0.25, 0.3) is 0 Å². The molecule has 0 saturated carbocycles. The molecule has 2 amide bonds. The number of hydrogen-bond acceptors (Lipinski definition) is 5. The average molecular weight is 338 g/mol. The molecule has 1 aromatic heterocycles. The molecule has 2 rings (SSSR count). The molecule has 0 aliphatic heterocycles. The number of aryl methyl sites for hydroxylation is 1. The molecule has 1 aliphatic carbocycles. The first kappa shape index (κ1) is 17.9. The number of anilines is 1. The van der Waals surface area contributed by atoms with Crippen molar-refractivity contribution in [3.8, 4) is 0 Å². The number of thiazole rings is 1. The first-order chi connectivity index (χ1) is 10.9. The second-order valence-electron chi connectivity index (χ2n) is 6.44. The molecule has 6 nitrogen and oxygen atoms in total. The van der Waals surface area contributed by atoms with Crippen LogP contribution in [0.4, 0.5) is 5.13 Å². The highest BCUT2D eigenvalue weighted by Gasteiger charge is 2.22. The van der Waals surface area contributed by atoms with Gasteiger partial charge in [-0.1, -0.05) is 27.2 Å². The number of carbonyl (C=O) groups excluding carboxylic acids is 2. The van der Waals surface area contributed by atoms with E-state index >= 15 is 0 Å². The van der Waals surface area contributed by atoms with Gasteiger partial charge in [0.1, 0.15) is 0 Å². The van der Waals surface area contributed by atoms with E-state index in [2.05, 4.69) is 22.5 Å². The Kier molecular flexibility index (Phi) is 6.12. The van der Waals surface area contributed by atoms with Crippen molar-refractivity contribution in [2.24, 2.45) is 17.6 Å². The molecule has 1 aromatic rings. The molecule has 1 unspecified atom stereocenters. The predicted octanol–water partition coefficient (Wildman–Crippen LogP) is 1.70. The number of aromatic nitrogens is 1. The van der Waals surface area contributed by atoms with Crippen LogP contribution in [0.2, 0.25) is 0 Å². The molecule has 0 spiro atoms. The van der Waals surface area contributed by atoms with Gasteiger partial charge in [0.2, 0.25) is 11.8 Å². The molecule has 0 fully saturated rings. The Hall–Kier alpha value is -1.47. The third kappa shape index (κ3) is 4.75. The van der Waals surface area contributed by atoms with Gasteiger partial charge < -0.3 is 16.4 Å². The number of carbonyl (C=O) groups is 2. The number of nitrogens with zero attached hydrogens (tertiary/aromatic N) is 1. The SMILES string of the molecule is CCC1CCc2nc(NC(=O)CNC(=O)[C@@H](N)C(C)C)sc2C1. The maximum absolute atomic E-state index is 11.9. The lowest BCUT2D eigenvalue weighted by Crippen LogP contribution is -2.46. The fourth-order valence-corrected chi connectivity index (χ4v) is 3.74. The summed E-state index contributed by atoms with van der Waals surface area (Å²) in [5.41, 5.74) is 6.85. The van der Waals surface area contributed by atoms with E-state index in [0.717, 1.165) is 24.5 Å². The molecule has 0 bridgehead atoms. The second kappa shape index (κ2) is 7.88. The lowest BCUT2D eigenvalue weighted by atomic mass is 9.89. The molecule has 0 aromatic carbocycles. The van der Waals surface area contributed by atoms with E-state index in [9.17, 15) is 9.59 Å². The fourth-order valence-electron chi connectivity index (χ4n) is 2.60. The number of amides is 2. The number of nitrogens with one attached hydrogen (secondary N) is 2. The quantitative estimate of drug-likeness (QED) is 0.735. The Morgan fingerprint density at radius 1 is 1.43 bits per heavy atom. The zero-order valence-electron chi connectivity index (χ0n) is 14.0. The van der Waals surface area contributed by atoms with Crippen molar-refractivity contribution in [3.63, 3.8) is 0 Å². The van der Waals surface area contributed by atoms with Crippen molar-refractivity contribution in [1.82, 2.24) is 10.3 Å². The summed E-state index contributed by atoms with van der Waals surface area (Å²) in [7, 11) is 0. The highest BCUT2D eigenvalue weighted by molar-refractivity contribution is 7.15. The number of fused-ring (bicyclic) bond motifs is 1. The van der Waals surface area contributed by atoms with Gasteiger partial charge in [-0.15, -0.1) is 11.3 Å². The summed E-state index contributed by atoms with van der Waals surface area (Å²) in [5, 5.41) is 5.96. The average Bonchev–Trinajstić information content (AvgIpc) is 2.92. The molecule has 0 radical (unpaired) electrons. The highest BCUT2D eigenvalue weighted by atomic mass is 32.1. The van der Waals surface area contributed by atoms with Crippen molar-refractivity contribution < 1.29 is 9.59 Å². The number of hydrogen-bond donors (Lipinski definition) is 3. The van der Waals surface area contributed by atoms with Crippen LogP contribution in [0, 0.1) is 11.8 Å². The minimum atomic E-state index is -0.596. The Balaban J connectivity index is 1.84. The van der Waals surface area contributed by atoms with Crippen molar-refractivity contribution in [1.29, 1.82) is 0 Å². The summed E-state index contributed by atoms with van der Waals surface area (Å²) >= 11 is 1.55. The van der Waals surface area contributed by atoms with Gasteiger partial charge in [0.25, 0.3) is 0 Å². The molecule has 2 atom stereocenters. The van der Waals surface area contributed by atoms with Gasteiger partial charge in [0.05, 0.1) is 18.3 Å². The highest BCUT2D eigenvalue weighted by Crippen LogP contribution is 2.33. The van der Waals surface area contributed by atoms with Crippen LogP contribution < -0.4 is 16.4 Å². The minimum Gasteiger partial charge on any atom is -0.346 e. The van der Waals surface area contributed by atoms with Crippen LogP contribution >= 0.6 is 11.3 Å². The maximum Gasteiger partial charge on any atom is 0.245 e. The zero-order chi connectivity index (χ0) is 17.0. The van der Waals surface area contributed by atoms with Crippen LogP contribution in [-0.2, 0) is 22.4 Å². The summed E-state index contributed by atoms with van der Waals surface area (Å²) in [6.07, 6.45) is 4.39. The Bertz CT molecular complexity index is 570. The van der Waals surface area contributed by atoms with Crippen LogP contribution in [0.5, 0.6) is 0 Å². The van der Waals surface area contributed by atoms with Crippen molar-refractivity contribution in [2.45, 2.75) is 52.5 Å². The number of nitrogens with two attached hydrogens (primary N) is 1. The second-order valence-corrected chi connectivity index (χ2v) is 7.53. The Morgan fingerprint density at radius 2 is 2.17 bits per heavy atom. The molecule has 4 N–H and O–H groups in total. The van der Waals surface area contributed by atoms with Gasteiger partial charge in [-0.05, 0) is 31.1 Å². The van der Waals surface area contributed by atoms with E-state index in [1.54, 1.807) is 11.3 Å². The van der Waals surface area contributed by atoms with E-state index in [0.29, 0.717) is 5.13 Å². The van der Waals surface area contributed by atoms with Crippen LogP contribution in [0.1, 0.15) is 44.2 Å². The number of rotatable bonds is 6. The largest absolute Gasteiger partial charge is 0.346 e. The molecule has 1 aliphatic rings. The first-order valence-electron chi connectivity index (χ1n) is 8.22. The molecule has 0 saturated heterocycles. The fraction of sp³-hybridized carbons (Fsp3) is 0.688. The van der Waals surface area contributed by atoms with Gasteiger partial charge in [0, 0.05) is 4.88 Å². The normalized spacial score (nSPS) is 18.4. The third-order valence-electron chi connectivity index (χ3n) is 4.31. The summed E-state index contributed by atoms with van der Waals surface area (Å²) in [6.45, 7) is 5.87. The molecule has 1 heterocycles. The van der Waals surface area contributed by atoms with Crippen LogP contribution in [0.15, 0.2) is 0 Å². The van der Waals surface area contributed by atoms with Crippen molar-refractivity contribution in [2.75, 3.05) is 11.9 Å². The van der Waals surface area contributed by atoms with Crippen molar-refractivity contribution >= 4 is 28.3 Å². The lowest BCUT2D eigenvalue weighted by molar-refractivity contribution is -0.125. The van der Waals surface area contributed by atoms with Gasteiger partial charge in [-0.2, -0.15) is 0 Å². The first-order valence-corrected chi connectivity index (χ1v) is 9.04. The van der Waals surface area contributed by atoms with Gasteiger partial charge in [-0.25, -0.2) is 4.98 Å². The van der Waals surface area contributed by atoms with Gasteiger partial charge >= 0.3 is 0 Å². The van der Waals surface area contributed by atoms with Crippen molar-refractivity contribution in [3.05, 3.63) is 10.6 Å². The lowest BCUT2D eigenvalue weighted by Gasteiger charge is -2.18. The molecule has 23 heavy (non-hydrogen) atoms. The minimum absolute atomic E-state index is 0.0373. The molecular formula is C16H26N4O2S. The van der Waals surface area contributed by atoms with E-state index in [1.165, 1.54) is 17.7 Å². The molecular weight excluding hydrogens is 312 g/mol.